The van der Waals surface area contributed by atoms with Gasteiger partial charge >= 0.3 is 0 Å². The fraction of sp³-hybridized carbons (Fsp3) is 0.312. The number of nitrogens with two attached hydrogens (primary N) is 1. The van der Waals surface area contributed by atoms with Gasteiger partial charge in [-0.2, -0.15) is 0 Å². The smallest absolute Gasteiger partial charge is 0.269 e. The van der Waals surface area contributed by atoms with Crippen LogP contribution in [0.3, 0.4) is 0 Å². The lowest BCUT2D eigenvalue weighted by Crippen LogP contribution is -2.50. The summed E-state index contributed by atoms with van der Waals surface area (Å²) in [5, 5.41) is 2.70. The van der Waals surface area contributed by atoms with Gasteiger partial charge in [0.2, 0.25) is 5.91 Å². The molecule has 0 bridgehead atoms. The summed E-state index contributed by atoms with van der Waals surface area (Å²) in [6.07, 6.45) is 1.38. The van der Waals surface area contributed by atoms with Crippen LogP contribution in [0.15, 0.2) is 34.9 Å². The van der Waals surface area contributed by atoms with Crippen molar-refractivity contribution in [2.45, 2.75) is 26.0 Å². The maximum atomic E-state index is 12.5. The molecule has 0 radical (unpaired) electrons. The van der Waals surface area contributed by atoms with Gasteiger partial charge in [0.1, 0.15) is 18.1 Å². The van der Waals surface area contributed by atoms with Crippen LogP contribution in [0.1, 0.15) is 19.1 Å². The highest BCUT2D eigenvalue weighted by molar-refractivity contribution is 6.03. The Hall–Kier alpha value is -3.03. The molecule has 2 aromatic heterocycles. The molecule has 3 N–H and O–H groups in total. The van der Waals surface area contributed by atoms with Crippen molar-refractivity contribution in [2.75, 3.05) is 17.2 Å². The van der Waals surface area contributed by atoms with Crippen molar-refractivity contribution in [3.63, 3.8) is 0 Å². The number of carbonyl (C=O) groups excluding carboxylic acids is 2. The monoisotopic (exact) mass is 330 g/mol. The summed E-state index contributed by atoms with van der Waals surface area (Å²) >= 11 is 0. The van der Waals surface area contributed by atoms with Gasteiger partial charge in [-0.1, -0.05) is 6.92 Å². The number of aromatic nitrogens is 1. The number of nitrogens with one attached hydrogen (secondary N) is 1. The van der Waals surface area contributed by atoms with Crippen molar-refractivity contribution in [1.82, 2.24) is 10.3 Å². The maximum Gasteiger partial charge on any atom is 0.269 e. The highest BCUT2D eigenvalue weighted by Crippen LogP contribution is 2.33. The first-order valence-electron chi connectivity index (χ1n) is 7.62. The molecule has 1 unspecified atom stereocenters. The number of fused-ring (bicyclic) bond motifs is 1. The van der Waals surface area contributed by atoms with Crippen LogP contribution in [-0.2, 0) is 16.1 Å². The lowest BCUT2D eigenvalue weighted by Gasteiger charge is -2.32. The van der Waals surface area contributed by atoms with Crippen molar-refractivity contribution in [2.24, 2.45) is 0 Å². The van der Waals surface area contributed by atoms with Gasteiger partial charge in [0.05, 0.1) is 12.8 Å². The van der Waals surface area contributed by atoms with E-state index in [4.69, 9.17) is 14.9 Å². The molecule has 0 aliphatic carbocycles. The van der Waals surface area contributed by atoms with Crippen LogP contribution in [0.2, 0.25) is 0 Å². The van der Waals surface area contributed by atoms with Crippen LogP contribution in [-0.4, -0.2) is 29.4 Å². The van der Waals surface area contributed by atoms with E-state index in [1.165, 1.54) is 11.2 Å². The van der Waals surface area contributed by atoms with Crippen molar-refractivity contribution in [3.8, 4) is 5.75 Å². The van der Waals surface area contributed by atoms with E-state index in [9.17, 15) is 9.59 Å². The van der Waals surface area contributed by atoms with Gasteiger partial charge in [-0.25, -0.2) is 4.98 Å². The minimum Gasteiger partial charge on any atom is -0.477 e. The fourth-order valence-corrected chi connectivity index (χ4v) is 2.43. The minimum atomic E-state index is -0.638. The van der Waals surface area contributed by atoms with Crippen LogP contribution in [0.25, 0.3) is 0 Å². The van der Waals surface area contributed by atoms with Crippen molar-refractivity contribution in [3.05, 3.63) is 36.3 Å². The minimum absolute atomic E-state index is 0.164. The molecule has 8 heteroatoms. The second-order valence-electron chi connectivity index (χ2n) is 5.35. The lowest BCUT2D eigenvalue weighted by atomic mass is 10.2. The Morgan fingerprint density at radius 3 is 2.96 bits per heavy atom. The second-order valence-corrected chi connectivity index (χ2v) is 5.35. The summed E-state index contributed by atoms with van der Waals surface area (Å²) in [6.45, 7) is 1.93. The zero-order chi connectivity index (χ0) is 17.1. The summed E-state index contributed by atoms with van der Waals surface area (Å²) in [4.78, 5) is 30.2. The number of hydrogen-bond acceptors (Lipinski definition) is 6. The number of hydrogen-bond donors (Lipinski definition) is 2. The van der Waals surface area contributed by atoms with E-state index in [0.717, 1.165) is 0 Å². The molecule has 3 heterocycles. The van der Waals surface area contributed by atoms with Crippen molar-refractivity contribution >= 4 is 23.5 Å². The molecule has 2 amide bonds. The summed E-state index contributed by atoms with van der Waals surface area (Å²) < 4.78 is 10.8. The third-order valence-electron chi connectivity index (χ3n) is 3.64. The van der Waals surface area contributed by atoms with Crippen LogP contribution in [0, 0.1) is 0 Å². The molecular formula is C16H18N4O4. The molecule has 0 saturated carbocycles. The summed E-state index contributed by atoms with van der Waals surface area (Å²) in [6, 6.07) is 6.74. The largest absolute Gasteiger partial charge is 0.477 e. The lowest BCUT2D eigenvalue weighted by molar-refractivity contribution is -0.129. The predicted octanol–water partition coefficient (Wildman–Crippen LogP) is 1.08. The standard InChI is InChI=1S/C16H18N4O4/c1-2-11-16(22)20(15-12(24-11)5-6-13(17)19-15)9-14(21)18-8-10-4-3-7-23-10/h3-7,11H,2,8-9H2,1H3,(H2,17,19)(H,18,21). The Kier molecular flexibility index (Phi) is 4.37. The molecule has 1 aliphatic heterocycles. The normalized spacial score (nSPS) is 16.5. The first-order chi connectivity index (χ1) is 11.6. The first kappa shape index (κ1) is 15.9. The molecule has 8 nitrogen and oxygen atoms in total. The van der Waals surface area contributed by atoms with Crippen LogP contribution < -0.4 is 20.7 Å². The number of furan rings is 1. The Morgan fingerprint density at radius 2 is 2.25 bits per heavy atom. The van der Waals surface area contributed by atoms with E-state index in [0.29, 0.717) is 17.9 Å². The van der Waals surface area contributed by atoms with E-state index in [-0.39, 0.29) is 36.5 Å². The Balaban J connectivity index is 1.76. The van der Waals surface area contributed by atoms with Crippen molar-refractivity contribution < 1.29 is 18.7 Å². The predicted molar refractivity (Wildman–Crippen MR) is 86.3 cm³/mol. The number of ether oxygens (including phenoxy) is 1. The number of amides is 2. The van der Waals surface area contributed by atoms with E-state index in [1.54, 1.807) is 24.3 Å². The molecular weight excluding hydrogens is 312 g/mol. The molecule has 1 atom stereocenters. The third-order valence-corrected chi connectivity index (χ3v) is 3.64. The van der Waals surface area contributed by atoms with Crippen LogP contribution in [0.4, 0.5) is 11.6 Å². The van der Waals surface area contributed by atoms with E-state index < -0.39 is 6.10 Å². The van der Waals surface area contributed by atoms with Gasteiger partial charge in [0, 0.05) is 0 Å². The number of carbonyl (C=O) groups is 2. The molecule has 0 spiro atoms. The SMILES string of the molecule is CCC1Oc2ccc(N)nc2N(CC(=O)NCc2ccco2)C1=O. The Bertz CT molecular complexity index is 745. The maximum absolute atomic E-state index is 12.5. The molecule has 0 aromatic carbocycles. The molecule has 1 aliphatic rings. The van der Waals surface area contributed by atoms with Gasteiger partial charge in [-0.05, 0) is 30.7 Å². The number of pyridine rings is 1. The molecule has 126 valence electrons. The molecule has 3 rings (SSSR count). The second kappa shape index (κ2) is 6.61. The topological polar surface area (TPSA) is 111 Å². The number of rotatable bonds is 5. The summed E-state index contributed by atoms with van der Waals surface area (Å²) in [5.74, 6) is 0.946. The third kappa shape index (κ3) is 3.17. The molecule has 0 saturated heterocycles. The zero-order valence-electron chi connectivity index (χ0n) is 13.2. The molecule has 2 aromatic rings. The first-order valence-corrected chi connectivity index (χ1v) is 7.62. The average Bonchev–Trinajstić information content (AvgIpc) is 3.09. The quantitative estimate of drug-likeness (QED) is 0.848. The van der Waals surface area contributed by atoms with Gasteiger partial charge in [-0.3, -0.25) is 14.5 Å². The van der Waals surface area contributed by atoms with Crippen LogP contribution >= 0.6 is 0 Å². The number of nitrogens with zero attached hydrogens (tertiary/aromatic N) is 2. The highest BCUT2D eigenvalue weighted by Gasteiger charge is 2.35. The summed E-state index contributed by atoms with van der Waals surface area (Å²) in [5.41, 5.74) is 5.69. The van der Waals surface area contributed by atoms with E-state index in [1.807, 2.05) is 6.92 Å². The Morgan fingerprint density at radius 1 is 1.42 bits per heavy atom. The van der Waals surface area contributed by atoms with Crippen LogP contribution in [0.5, 0.6) is 5.75 Å². The highest BCUT2D eigenvalue weighted by atomic mass is 16.5. The average molecular weight is 330 g/mol. The Labute approximate surface area is 138 Å². The van der Waals surface area contributed by atoms with Gasteiger partial charge in [-0.15, -0.1) is 0 Å². The van der Waals surface area contributed by atoms with Gasteiger partial charge < -0.3 is 20.2 Å². The summed E-state index contributed by atoms with van der Waals surface area (Å²) in [7, 11) is 0. The van der Waals surface area contributed by atoms with Gasteiger partial charge in [0.25, 0.3) is 5.91 Å². The molecule has 0 fully saturated rings. The van der Waals surface area contributed by atoms with E-state index in [2.05, 4.69) is 10.3 Å². The van der Waals surface area contributed by atoms with E-state index >= 15 is 0 Å². The molecule has 24 heavy (non-hydrogen) atoms. The number of anilines is 2. The zero-order valence-corrected chi connectivity index (χ0v) is 13.2. The number of nitrogen functional groups attached to an aromatic ring is 1. The van der Waals surface area contributed by atoms with Gasteiger partial charge in [0.15, 0.2) is 17.7 Å². The fourth-order valence-electron chi connectivity index (χ4n) is 2.43. The van der Waals surface area contributed by atoms with Crippen molar-refractivity contribution in [1.29, 1.82) is 0 Å².